The van der Waals surface area contributed by atoms with Crippen molar-refractivity contribution in [3.05, 3.63) is 23.3 Å². The lowest BCUT2D eigenvalue weighted by atomic mass is 10.1. The number of hydrogen-bond donors (Lipinski definition) is 1. The van der Waals surface area contributed by atoms with Gasteiger partial charge in [0.15, 0.2) is 0 Å². The maximum Gasteiger partial charge on any atom is 0.302 e. The highest BCUT2D eigenvalue weighted by Crippen LogP contribution is 2.10. The SMILES string of the molecule is CC(=O)OC/C=C(\C)CC/C(C)=C/CO. The third kappa shape index (κ3) is 9.22. The van der Waals surface area contributed by atoms with Gasteiger partial charge in [0.05, 0.1) is 6.61 Å². The third-order valence-electron chi connectivity index (χ3n) is 2.07. The molecule has 0 aliphatic carbocycles. The Morgan fingerprint density at radius 2 is 1.67 bits per heavy atom. The number of aliphatic hydroxyl groups is 1. The average molecular weight is 212 g/mol. The van der Waals surface area contributed by atoms with E-state index in [2.05, 4.69) is 0 Å². The van der Waals surface area contributed by atoms with Crippen LogP contribution in [0.4, 0.5) is 0 Å². The van der Waals surface area contributed by atoms with E-state index < -0.39 is 0 Å². The molecule has 0 amide bonds. The maximum atomic E-state index is 10.5. The Morgan fingerprint density at radius 1 is 1.13 bits per heavy atom. The largest absolute Gasteiger partial charge is 0.462 e. The van der Waals surface area contributed by atoms with Gasteiger partial charge < -0.3 is 9.84 Å². The summed E-state index contributed by atoms with van der Waals surface area (Å²) in [5.74, 6) is -0.254. The van der Waals surface area contributed by atoms with Crippen molar-refractivity contribution in [2.45, 2.75) is 33.6 Å². The normalized spacial score (nSPS) is 12.8. The predicted octanol–water partition coefficient (Wildman–Crippen LogP) is 2.21. The van der Waals surface area contributed by atoms with Gasteiger partial charge in [-0.15, -0.1) is 0 Å². The minimum Gasteiger partial charge on any atom is -0.462 e. The van der Waals surface area contributed by atoms with Gasteiger partial charge in [-0.3, -0.25) is 4.79 Å². The standard InChI is InChI=1S/C12H20O3/c1-10(6-8-13)4-5-11(2)7-9-15-12(3)14/h6-7,13H,4-5,8-9H2,1-3H3/b10-6+,11-7+. The van der Waals surface area contributed by atoms with Crippen LogP contribution in [0.5, 0.6) is 0 Å². The van der Waals surface area contributed by atoms with Crippen molar-refractivity contribution in [2.75, 3.05) is 13.2 Å². The van der Waals surface area contributed by atoms with Crippen molar-refractivity contribution in [3.63, 3.8) is 0 Å². The molecule has 0 bridgehead atoms. The molecule has 0 atom stereocenters. The molecular formula is C12H20O3. The van der Waals surface area contributed by atoms with Crippen LogP contribution in [0, 0.1) is 0 Å². The molecule has 0 aromatic rings. The molecule has 3 nitrogen and oxygen atoms in total. The molecule has 0 heterocycles. The number of hydrogen-bond acceptors (Lipinski definition) is 3. The van der Waals surface area contributed by atoms with E-state index in [1.54, 1.807) is 6.08 Å². The zero-order valence-electron chi connectivity index (χ0n) is 9.75. The average Bonchev–Trinajstić information content (AvgIpc) is 2.14. The first-order valence-corrected chi connectivity index (χ1v) is 5.11. The van der Waals surface area contributed by atoms with Gasteiger partial charge in [0.1, 0.15) is 6.61 Å². The first-order valence-electron chi connectivity index (χ1n) is 5.11. The van der Waals surface area contributed by atoms with E-state index in [1.165, 1.54) is 18.1 Å². The lowest BCUT2D eigenvalue weighted by Gasteiger charge is -2.02. The topological polar surface area (TPSA) is 46.5 Å². The van der Waals surface area contributed by atoms with Crippen LogP contribution < -0.4 is 0 Å². The third-order valence-corrected chi connectivity index (χ3v) is 2.07. The molecule has 0 saturated heterocycles. The molecule has 3 heteroatoms. The van der Waals surface area contributed by atoms with E-state index in [0.717, 1.165) is 12.8 Å². The Labute approximate surface area is 91.4 Å². The summed E-state index contributed by atoms with van der Waals surface area (Å²) in [4.78, 5) is 10.5. The summed E-state index contributed by atoms with van der Waals surface area (Å²) < 4.78 is 4.80. The molecule has 0 spiro atoms. The number of ether oxygens (including phenoxy) is 1. The van der Waals surface area contributed by atoms with Gasteiger partial charge in [0.2, 0.25) is 0 Å². The molecule has 1 N–H and O–H groups in total. The lowest BCUT2D eigenvalue weighted by molar-refractivity contribution is -0.139. The molecule has 0 unspecified atom stereocenters. The number of allylic oxidation sites excluding steroid dienone is 2. The molecule has 0 aromatic carbocycles. The monoisotopic (exact) mass is 212 g/mol. The summed E-state index contributed by atoms with van der Waals surface area (Å²) in [6, 6.07) is 0. The molecule has 15 heavy (non-hydrogen) atoms. The summed E-state index contributed by atoms with van der Waals surface area (Å²) >= 11 is 0. The first kappa shape index (κ1) is 13.9. The molecular weight excluding hydrogens is 192 g/mol. The van der Waals surface area contributed by atoms with E-state index >= 15 is 0 Å². The fourth-order valence-corrected chi connectivity index (χ4v) is 1.06. The Bertz CT molecular complexity index is 252. The number of carbonyl (C=O) groups excluding carboxylic acids is 1. The second-order valence-corrected chi connectivity index (χ2v) is 3.59. The van der Waals surface area contributed by atoms with Crippen LogP contribution >= 0.6 is 0 Å². The highest BCUT2D eigenvalue weighted by Gasteiger charge is 1.94. The van der Waals surface area contributed by atoms with Crippen LogP contribution in [0.15, 0.2) is 23.3 Å². The van der Waals surface area contributed by atoms with E-state index in [9.17, 15) is 4.79 Å². The minimum atomic E-state index is -0.254. The Balaban J connectivity index is 3.77. The number of rotatable bonds is 6. The van der Waals surface area contributed by atoms with Crippen LogP contribution in [0.1, 0.15) is 33.6 Å². The molecule has 0 fully saturated rings. The molecule has 86 valence electrons. The second kappa shape index (κ2) is 8.24. The Hall–Kier alpha value is -1.09. The molecule has 0 rings (SSSR count). The van der Waals surface area contributed by atoms with Gasteiger partial charge in [0, 0.05) is 6.92 Å². The number of esters is 1. The van der Waals surface area contributed by atoms with Gasteiger partial charge in [-0.1, -0.05) is 17.2 Å². The maximum absolute atomic E-state index is 10.5. The van der Waals surface area contributed by atoms with Crippen molar-refractivity contribution in [1.82, 2.24) is 0 Å². The van der Waals surface area contributed by atoms with Crippen molar-refractivity contribution in [3.8, 4) is 0 Å². The van der Waals surface area contributed by atoms with Crippen LogP contribution in [0.2, 0.25) is 0 Å². The first-order chi connectivity index (χ1) is 7.06. The summed E-state index contributed by atoms with van der Waals surface area (Å²) in [6.07, 6.45) is 5.58. The van der Waals surface area contributed by atoms with Crippen LogP contribution in [0.25, 0.3) is 0 Å². The summed E-state index contributed by atoms with van der Waals surface area (Å²) in [6.45, 7) is 5.86. The molecule has 0 aliphatic rings. The van der Waals surface area contributed by atoms with Gasteiger partial charge >= 0.3 is 5.97 Å². The fourth-order valence-electron chi connectivity index (χ4n) is 1.06. The van der Waals surface area contributed by atoms with Gasteiger partial charge in [-0.25, -0.2) is 0 Å². The molecule has 0 aromatic heterocycles. The van der Waals surface area contributed by atoms with Crippen LogP contribution in [-0.4, -0.2) is 24.3 Å². The minimum absolute atomic E-state index is 0.0992. The number of carbonyl (C=O) groups is 1. The fraction of sp³-hybridized carbons (Fsp3) is 0.583. The lowest BCUT2D eigenvalue weighted by Crippen LogP contribution is -1.98. The Kier molecular flexibility index (Phi) is 7.64. The second-order valence-electron chi connectivity index (χ2n) is 3.59. The van der Waals surface area contributed by atoms with Crippen molar-refractivity contribution in [1.29, 1.82) is 0 Å². The van der Waals surface area contributed by atoms with Crippen molar-refractivity contribution < 1.29 is 14.6 Å². The van der Waals surface area contributed by atoms with E-state index in [-0.39, 0.29) is 12.6 Å². The summed E-state index contributed by atoms with van der Waals surface area (Å²) in [5, 5.41) is 8.66. The zero-order valence-corrected chi connectivity index (χ0v) is 9.75. The van der Waals surface area contributed by atoms with E-state index in [0.29, 0.717) is 6.61 Å². The van der Waals surface area contributed by atoms with Crippen molar-refractivity contribution >= 4 is 5.97 Å². The van der Waals surface area contributed by atoms with Crippen LogP contribution in [0.3, 0.4) is 0 Å². The molecule has 0 radical (unpaired) electrons. The summed E-state index contributed by atoms with van der Waals surface area (Å²) in [5.41, 5.74) is 2.37. The van der Waals surface area contributed by atoms with Gasteiger partial charge in [0.25, 0.3) is 0 Å². The molecule has 0 saturated carbocycles. The van der Waals surface area contributed by atoms with Gasteiger partial charge in [-0.2, -0.15) is 0 Å². The van der Waals surface area contributed by atoms with Crippen LogP contribution in [-0.2, 0) is 9.53 Å². The highest BCUT2D eigenvalue weighted by atomic mass is 16.5. The van der Waals surface area contributed by atoms with Gasteiger partial charge in [-0.05, 0) is 32.8 Å². The smallest absolute Gasteiger partial charge is 0.302 e. The van der Waals surface area contributed by atoms with Crippen molar-refractivity contribution in [2.24, 2.45) is 0 Å². The Morgan fingerprint density at radius 3 is 2.13 bits per heavy atom. The molecule has 0 aliphatic heterocycles. The van der Waals surface area contributed by atoms with E-state index in [4.69, 9.17) is 9.84 Å². The summed E-state index contributed by atoms with van der Waals surface area (Å²) in [7, 11) is 0. The predicted molar refractivity (Wildman–Crippen MR) is 60.5 cm³/mol. The number of aliphatic hydroxyl groups excluding tert-OH is 1. The zero-order chi connectivity index (χ0) is 11.7. The highest BCUT2D eigenvalue weighted by molar-refractivity contribution is 5.66. The quantitative estimate of drug-likeness (QED) is 0.542. The van der Waals surface area contributed by atoms with E-state index in [1.807, 2.05) is 19.9 Å².